The first-order valence-corrected chi connectivity index (χ1v) is 5.59. The number of likely N-dealkylation sites (tertiary alicyclic amines) is 1. The molecule has 1 aliphatic heterocycles. The van der Waals surface area contributed by atoms with Crippen molar-refractivity contribution in [3.8, 4) is 11.8 Å². The second-order valence-electron chi connectivity index (χ2n) is 4.06. The summed E-state index contributed by atoms with van der Waals surface area (Å²) in [6.07, 6.45) is 1.57. The number of amides is 1. The lowest BCUT2D eigenvalue weighted by molar-refractivity contribution is -0.128. The largest absolute Gasteiger partial charge is 0.496 e. The third-order valence-corrected chi connectivity index (χ3v) is 2.95. The van der Waals surface area contributed by atoms with Gasteiger partial charge in [0.05, 0.1) is 18.7 Å². The van der Waals surface area contributed by atoms with Crippen LogP contribution >= 0.6 is 0 Å². The molecule has 0 saturated carbocycles. The van der Waals surface area contributed by atoms with E-state index in [1.165, 1.54) is 0 Å². The summed E-state index contributed by atoms with van der Waals surface area (Å²) in [7, 11) is 1.58. The molecule has 0 aliphatic carbocycles. The number of benzene rings is 1. The van der Waals surface area contributed by atoms with Gasteiger partial charge in [-0.15, -0.1) is 0 Å². The van der Waals surface area contributed by atoms with E-state index in [9.17, 15) is 4.79 Å². The van der Waals surface area contributed by atoms with Crippen molar-refractivity contribution in [3.05, 3.63) is 29.3 Å². The van der Waals surface area contributed by atoms with Gasteiger partial charge in [0.15, 0.2) is 0 Å². The zero-order valence-electron chi connectivity index (χ0n) is 9.77. The molecule has 0 bridgehead atoms. The Morgan fingerprint density at radius 1 is 1.53 bits per heavy atom. The van der Waals surface area contributed by atoms with Gasteiger partial charge in [-0.2, -0.15) is 5.26 Å². The first-order valence-electron chi connectivity index (χ1n) is 5.59. The number of carbonyl (C=O) groups excluding carboxylic acids is 1. The van der Waals surface area contributed by atoms with Gasteiger partial charge in [0.25, 0.3) is 0 Å². The van der Waals surface area contributed by atoms with E-state index in [2.05, 4.69) is 6.07 Å². The monoisotopic (exact) mass is 230 g/mol. The van der Waals surface area contributed by atoms with E-state index in [4.69, 9.17) is 10.00 Å². The summed E-state index contributed by atoms with van der Waals surface area (Å²) in [5.41, 5.74) is 1.51. The van der Waals surface area contributed by atoms with Gasteiger partial charge in [-0.1, -0.05) is 6.07 Å². The number of nitrogens with zero attached hydrogens (tertiary/aromatic N) is 2. The van der Waals surface area contributed by atoms with Gasteiger partial charge in [-0.05, 0) is 18.6 Å². The van der Waals surface area contributed by atoms with Gasteiger partial charge >= 0.3 is 0 Å². The highest BCUT2D eigenvalue weighted by Crippen LogP contribution is 2.23. The van der Waals surface area contributed by atoms with Crippen LogP contribution in [0.4, 0.5) is 0 Å². The molecule has 1 amide bonds. The summed E-state index contributed by atoms with van der Waals surface area (Å²) in [4.78, 5) is 13.4. The molecule has 0 aromatic heterocycles. The van der Waals surface area contributed by atoms with E-state index in [1.54, 1.807) is 19.2 Å². The van der Waals surface area contributed by atoms with Crippen LogP contribution in [-0.4, -0.2) is 24.5 Å². The van der Waals surface area contributed by atoms with Crippen LogP contribution in [0.2, 0.25) is 0 Å². The molecule has 2 rings (SSSR count). The Labute approximate surface area is 100 Å². The Balaban J connectivity index is 2.20. The Bertz CT molecular complexity index is 477. The highest BCUT2D eigenvalue weighted by atomic mass is 16.5. The Kier molecular flexibility index (Phi) is 3.29. The lowest BCUT2D eigenvalue weighted by Crippen LogP contribution is -2.24. The molecule has 0 N–H and O–H groups in total. The first-order chi connectivity index (χ1) is 8.24. The highest BCUT2D eigenvalue weighted by Gasteiger charge is 2.21. The number of rotatable bonds is 3. The Hall–Kier alpha value is -2.02. The van der Waals surface area contributed by atoms with Crippen LogP contribution < -0.4 is 4.74 Å². The predicted octanol–water partition coefficient (Wildman–Crippen LogP) is 1.69. The van der Waals surface area contributed by atoms with Crippen molar-refractivity contribution in [3.63, 3.8) is 0 Å². The summed E-state index contributed by atoms with van der Waals surface area (Å²) in [5, 5.41) is 8.80. The van der Waals surface area contributed by atoms with E-state index in [0.29, 0.717) is 24.3 Å². The van der Waals surface area contributed by atoms with Crippen molar-refractivity contribution in [1.82, 2.24) is 4.90 Å². The normalized spacial score (nSPS) is 14.8. The smallest absolute Gasteiger partial charge is 0.222 e. The summed E-state index contributed by atoms with van der Waals surface area (Å²) >= 11 is 0. The minimum absolute atomic E-state index is 0.191. The molecule has 1 saturated heterocycles. The average Bonchev–Trinajstić information content (AvgIpc) is 2.75. The second-order valence-corrected chi connectivity index (χ2v) is 4.06. The molecule has 0 atom stereocenters. The second kappa shape index (κ2) is 4.88. The lowest BCUT2D eigenvalue weighted by Gasteiger charge is -2.17. The number of nitriles is 1. The molecule has 0 radical (unpaired) electrons. The van der Waals surface area contributed by atoms with Crippen LogP contribution in [0.5, 0.6) is 5.75 Å². The molecule has 17 heavy (non-hydrogen) atoms. The van der Waals surface area contributed by atoms with Crippen LogP contribution in [0.3, 0.4) is 0 Å². The van der Waals surface area contributed by atoms with Crippen molar-refractivity contribution in [2.24, 2.45) is 0 Å². The fourth-order valence-electron chi connectivity index (χ4n) is 2.02. The van der Waals surface area contributed by atoms with Gasteiger partial charge in [-0.25, -0.2) is 0 Å². The van der Waals surface area contributed by atoms with Crippen LogP contribution in [0.15, 0.2) is 18.2 Å². The van der Waals surface area contributed by atoms with E-state index in [0.717, 1.165) is 18.5 Å². The Morgan fingerprint density at radius 2 is 2.35 bits per heavy atom. The van der Waals surface area contributed by atoms with Gasteiger partial charge < -0.3 is 9.64 Å². The molecule has 88 valence electrons. The number of methoxy groups -OCH3 is 1. The molecule has 4 heteroatoms. The summed E-state index contributed by atoms with van der Waals surface area (Å²) < 4.78 is 5.24. The lowest BCUT2D eigenvalue weighted by atomic mass is 10.1. The van der Waals surface area contributed by atoms with Crippen molar-refractivity contribution >= 4 is 5.91 Å². The highest BCUT2D eigenvalue weighted by molar-refractivity contribution is 5.78. The number of ether oxygens (including phenoxy) is 1. The van der Waals surface area contributed by atoms with E-state index < -0.39 is 0 Å². The molecule has 1 heterocycles. The summed E-state index contributed by atoms with van der Waals surface area (Å²) in [5.74, 6) is 0.861. The maximum absolute atomic E-state index is 11.5. The van der Waals surface area contributed by atoms with E-state index >= 15 is 0 Å². The molecule has 0 spiro atoms. The summed E-state index contributed by atoms with van der Waals surface area (Å²) in [6.45, 7) is 1.37. The fourth-order valence-corrected chi connectivity index (χ4v) is 2.02. The molecule has 0 unspecified atom stereocenters. The minimum atomic E-state index is 0.191. The predicted molar refractivity (Wildman–Crippen MR) is 62.4 cm³/mol. The van der Waals surface area contributed by atoms with Crippen molar-refractivity contribution < 1.29 is 9.53 Å². The first kappa shape index (κ1) is 11.5. The molecule has 4 nitrogen and oxygen atoms in total. The Morgan fingerprint density at radius 3 is 2.94 bits per heavy atom. The quantitative estimate of drug-likeness (QED) is 0.794. The van der Waals surface area contributed by atoms with Gasteiger partial charge in [0.1, 0.15) is 5.75 Å². The summed E-state index contributed by atoms with van der Waals surface area (Å²) in [6, 6.07) is 7.37. The number of carbonyl (C=O) groups is 1. The molecule has 1 aromatic carbocycles. The van der Waals surface area contributed by atoms with Crippen LogP contribution in [0.25, 0.3) is 0 Å². The van der Waals surface area contributed by atoms with Crippen molar-refractivity contribution in [2.75, 3.05) is 13.7 Å². The van der Waals surface area contributed by atoms with Gasteiger partial charge in [-0.3, -0.25) is 4.79 Å². The van der Waals surface area contributed by atoms with Crippen LogP contribution in [-0.2, 0) is 11.3 Å². The molecular weight excluding hydrogens is 216 g/mol. The topological polar surface area (TPSA) is 53.3 Å². The zero-order chi connectivity index (χ0) is 12.3. The molecular formula is C13H14N2O2. The number of hydrogen-bond acceptors (Lipinski definition) is 3. The minimum Gasteiger partial charge on any atom is -0.496 e. The average molecular weight is 230 g/mol. The van der Waals surface area contributed by atoms with Crippen LogP contribution in [0.1, 0.15) is 24.0 Å². The van der Waals surface area contributed by atoms with Gasteiger partial charge in [0, 0.05) is 25.1 Å². The van der Waals surface area contributed by atoms with E-state index in [1.807, 2.05) is 11.0 Å². The van der Waals surface area contributed by atoms with E-state index in [-0.39, 0.29) is 5.91 Å². The van der Waals surface area contributed by atoms with Crippen LogP contribution in [0, 0.1) is 11.3 Å². The van der Waals surface area contributed by atoms with Crippen molar-refractivity contribution in [1.29, 1.82) is 5.26 Å². The fraction of sp³-hybridized carbons (Fsp3) is 0.385. The third-order valence-electron chi connectivity index (χ3n) is 2.95. The molecule has 1 aromatic rings. The molecule has 1 fully saturated rings. The number of hydrogen-bond donors (Lipinski definition) is 0. The third kappa shape index (κ3) is 2.39. The maximum atomic E-state index is 11.5. The maximum Gasteiger partial charge on any atom is 0.222 e. The van der Waals surface area contributed by atoms with Gasteiger partial charge in [0.2, 0.25) is 5.91 Å². The molecule has 1 aliphatic rings. The van der Waals surface area contributed by atoms with Crippen molar-refractivity contribution in [2.45, 2.75) is 19.4 Å². The zero-order valence-corrected chi connectivity index (χ0v) is 9.77. The SMILES string of the molecule is COc1cc(C#N)ccc1CN1CCCC1=O. The standard InChI is InChI=1S/C13H14N2O2/c1-17-12-7-10(8-14)4-5-11(12)9-15-6-2-3-13(15)16/h4-5,7H,2-3,6,9H2,1H3.